The van der Waals surface area contributed by atoms with Gasteiger partial charge in [0.05, 0.1) is 5.70 Å². The molecule has 0 aromatic rings. The maximum absolute atomic E-state index is 13.7. The molecule has 0 radical (unpaired) electrons. The molecular formula is C26H40N2O2. The molecule has 0 aromatic carbocycles. The highest BCUT2D eigenvalue weighted by molar-refractivity contribution is 5.97. The molecule has 2 saturated carbocycles. The quantitative estimate of drug-likeness (QED) is 0.721. The number of rotatable bonds is 3. The van der Waals surface area contributed by atoms with Gasteiger partial charge in [0.2, 0.25) is 5.91 Å². The van der Waals surface area contributed by atoms with Gasteiger partial charge in [-0.15, -0.1) is 0 Å². The van der Waals surface area contributed by atoms with E-state index in [2.05, 4.69) is 58.6 Å². The summed E-state index contributed by atoms with van der Waals surface area (Å²) in [6.45, 7) is 13.3. The fourth-order valence-electron chi connectivity index (χ4n) is 7.87. The van der Waals surface area contributed by atoms with Crippen LogP contribution in [0.3, 0.4) is 0 Å². The van der Waals surface area contributed by atoms with E-state index in [4.69, 9.17) is 5.73 Å². The van der Waals surface area contributed by atoms with Gasteiger partial charge in [-0.2, -0.15) is 0 Å². The second kappa shape index (κ2) is 7.24. The third-order valence-corrected chi connectivity index (χ3v) is 9.38. The molecule has 0 aliphatic heterocycles. The van der Waals surface area contributed by atoms with Gasteiger partial charge in [0.25, 0.3) is 0 Å². The van der Waals surface area contributed by atoms with Crippen LogP contribution in [0.15, 0.2) is 23.4 Å². The fourth-order valence-corrected chi connectivity index (χ4v) is 7.87. The molecule has 1 amide bonds. The zero-order valence-corrected chi connectivity index (χ0v) is 19.7. The first kappa shape index (κ1) is 21.6. The Kier molecular flexibility index (Phi) is 5.22. The summed E-state index contributed by atoms with van der Waals surface area (Å²) in [7, 11) is 0. The Hall–Kier alpha value is -1.58. The van der Waals surface area contributed by atoms with Crippen molar-refractivity contribution in [2.24, 2.45) is 40.2 Å². The van der Waals surface area contributed by atoms with E-state index in [9.17, 15) is 9.59 Å². The average molecular weight is 413 g/mol. The van der Waals surface area contributed by atoms with E-state index < -0.39 is 0 Å². The van der Waals surface area contributed by atoms with Crippen LogP contribution in [0.5, 0.6) is 0 Å². The van der Waals surface area contributed by atoms with Crippen molar-refractivity contribution in [2.45, 2.75) is 92.2 Å². The number of nitrogens with two attached hydrogens (primary N) is 1. The molecule has 2 N–H and O–H groups in total. The third kappa shape index (κ3) is 2.92. The maximum Gasteiger partial charge on any atom is 0.226 e. The molecule has 30 heavy (non-hydrogen) atoms. The maximum atomic E-state index is 13.7. The summed E-state index contributed by atoms with van der Waals surface area (Å²) in [5.41, 5.74) is 7.90. The van der Waals surface area contributed by atoms with E-state index in [1.165, 1.54) is 0 Å². The van der Waals surface area contributed by atoms with Crippen molar-refractivity contribution in [1.29, 1.82) is 0 Å². The predicted molar refractivity (Wildman–Crippen MR) is 120 cm³/mol. The van der Waals surface area contributed by atoms with Crippen LogP contribution in [-0.2, 0) is 9.59 Å². The van der Waals surface area contributed by atoms with Gasteiger partial charge in [-0.05, 0) is 94.0 Å². The number of allylic oxidation sites excluding steroid dienone is 4. The van der Waals surface area contributed by atoms with Crippen molar-refractivity contribution in [3.05, 3.63) is 23.4 Å². The van der Waals surface area contributed by atoms with Gasteiger partial charge >= 0.3 is 0 Å². The van der Waals surface area contributed by atoms with E-state index >= 15 is 0 Å². The summed E-state index contributed by atoms with van der Waals surface area (Å²) in [4.78, 5) is 28.0. The molecule has 4 heteroatoms. The van der Waals surface area contributed by atoms with Gasteiger partial charge < -0.3 is 10.6 Å². The first-order valence-corrected chi connectivity index (χ1v) is 12.1. The smallest absolute Gasteiger partial charge is 0.226 e. The topological polar surface area (TPSA) is 63.4 Å². The number of hydrogen-bond acceptors (Lipinski definition) is 3. The lowest BCUT2D eigenvalue weighted by atomic mass is 9.48. The zero-order chi connectivity index (χ0) is 22.0. The number of hydrogen-bond donors (Lipinski definition) is 1. The lowest BCUT2D eigenvalue weighted by molar-refractivity contribution is -0.145. The summed E-state index contributed by atoms with van der Waals surface area (Å²) in [6, 6.07) is 0.473. The minimum absolute atomic E-state index is 0.00271. The molecule has 6 atom stereocenters. The van der Waals surface area contributed by atoms with E-state index in [0.717, 1.165) is 37.7 Å². The van der Waals surface area contributed by atoms with Gasteiger partial charge in [0, 0.05) is 24.4 Å². The molecule has 166 valence electrons. The highest BCUT2D eigenvalue weighted by atomic mass is 16.2. The molecule has 2 fully saturated rings. The Balaban J connectivity index is 1.66. The first-order chi connectivity index (χ1) is 14.0. The molecule has 0 bridgehead atoms. The number of nitrogens with zero attached hydrogens (tertiary/aromatic N) is 1. The molecular weight excluding hydrogens is 372 g/mol. The Morgan fingerprint density at radius 3 is 2.37 bits per heavy atom. The normalized spacial score (nSPS) is 40.5. The van der Waals surface area contributed by atoms with Gasteiger partial charge in [-0.25, -0.2) is 0 Å². The Morgan fingerprint density at radius 2 is 1.73 bits per heavy atom. The lowest BCUT2D eigenvalue weighted by Gasteiger charge is -2.56. The Labute approximate surface area is 182 Å². The molecule has 4 rings (SSSR count). The van der Waals surface area contributed by atoms with Crippen LogP contribution < -0.4 is 5.73 Å². The summed E-state index contributed by atoms with van der Waals surface area (Å²) < 4.78 is 0. The highest BCUT2D eigenvalue weighted by Gasteiger charge is 2.60. The molecule has 4 nitrogen and oxygen atoms in total. The molecule has 0 saturated heterocycles. The molecule has 0 spiro atoms. The van der Waals surface area contributed by atoms with E-state index in [1.807, 2.05) is 0 Å². The molecule has 4 aliphatic carbocycles. The van der Waals surface area contributed by atoms with E-state index in [-0.39, 0.29) is 34.6 Å². The number of amides is 1. The van der Waals surface area contributed by atoms with Crippen molar-refractivity contribution in [1.82, 2.24) is 4.90 Å². The summed E-state index contributed by atoms with van der Waals surface area (Å²) >= 11 is 0. The first-order valence-electron chi connectivity index (χ1n) is 12.1. The van der Waals surface area contributed by atoms with Crippen molar-refractivity contribution >= 4 is 11.7 Å². The monoisotopic (exact) mass is 412 g/mol. The summed E-state index contributed by atoms with van der Waals surface area (Å²) in [5.74, 6) is 2.16. The van der Waals surface area contributed by atoms with E-state index in [1.54, 1.807) is 0 Å². The minimum Gasteiger partial charge on any atom is -0.396 e. The second-order valence-corrected chi connectivity index (χ2v) is 11.4. The van der Waals surface area contributed by atoms with Crippen molar-refractivity contribution in [3.63, 3.8) is 0 Å². The second-order valence-electron chi connectivity index (χ2n) is 11.4. The molecule has 1 unspecified atom stereocenters. The summed E-state index contributed by atoms with van der Waals surface area (Å²) in [6.07, 6.45) is 10.4. The molecule has 0 aromatic heterocycles. The van der Waals surface area contributed by atoms with Crippen molar-refractivity contribution < 1.29 is 9.59 Å². The van der Waals surface area contributed by atoms with Crippen LogP contribution in [0.25, 0.3) is 0 Å². The van der Waals surface area contributed by atoms with Crippen LogP contribution in [0.4, 0.5) is 0 Å². The fraction of sp³-hybridized carbons (Fsp3) is 0.769. The van der Waals surface area contributed by atoms with Crippen molar-refractivity contribution in [3.8, 4) is 0 Å². The largest absolute Gasteiger partial charge is 0.396 e. The molecule has 0 heterocycles. The van der Waals surface area contributed by atoms with Crippen LogP contribution in [-0.4, -0.2) is 28.7 Å². The van der Waals surface area contributed by atoms with Crippen LogP contribution >= 0.6 is 0 Å². The number of carbonyl (C=O) groups excluding carboxylic acids is 2. The lowest BCUT2D eigenvalue weighted by Crippen LogP contribution is -2.53. The van der Waals surface area contributed by atoms with Gasteiger partial charge in [-0.3, -0.25) is 9.59 Å². The SMILES string of the molecule is CC(C)N(C(=O)C1CC[C@H]2[C@@H]3C=CC4=C(N)C(=O)CC[C@]4(C)[C@H]3CC[C@]12C)C(C)C. The Bertz CT molecular complexity index is 802. The zero-order valence-electron chi connectivity index (χ0n) is 19.7. The minimum atomic E-state index is 0.00271. The van der Waals surface area contributed by atoms with Crippen LogP contribution in [0, 0.1) is 34.5 Å². The van der Waals surface area contributed by atoms with Gasteiger partial charge in [-0.1, -0.05) is 26.0 Å². The molecule has 4 aliphatic rings. The van der Waals surface area contributed by atoms with E-state index in [0.29, 0.717) is 35.8 Å². The number of ketones is 1. The van der Waals surface area contributed by atoms with Gasteiger partial charge in [0.15, 0.2) is 5.78 Å². The number of carbonyl (C=O) groups is 2. The van der Waals surface area contributed by atoms with Crippen molar-refractivity contribution in [2.75, 3.05) is 0 Å². The predicted octanol–water partition coefficient (Wildman–Crippen LogP) is 4.84. The number of Topliss-reactive ketones (excluding diaryl/α,β-unsaturated/α-hetero) is 1. The highest BCUT2D eigenvalue weighted by Crippen LogP contribution is 2.65. The standard InChI is InChI=1S/C26H40N2O2/c1-15(2)28(16(3)4)24(30)21-10-9-18-17-7-8-20-23(27)22(29)12-14-25(20,5)19(17)11-13-26(18,21)6/h7-8,15-19,21H,9-14,27H2,1-6H3/t17-,18-,19-,21?,25+,26-/m0/s1. The van der Waals surface area contributed by atoms with Crippen LogP contribution in [0.1, 0.15) is 80.1 Å². The van der Waals surface area contributed by atoms with Crippen LogP contribution in [0.2, 0.25) is 0 Å². The van der Waals surface area contributed by atoms with Gasteiger partial charge in [0.1, 0.15) is 0 Å². The number of fused-ring (bicyclic) bond motifs is 5. The third-order valence-electron chi connectivity index (χ3n) is 9.38. The summed E-state index contributed by atoms with van der Waals surface area (Å²) in [5, 5.41) is 0. The average Bonchev–Trinajstić information content (AvgIpc) is 3.01. The Morgan fingerprint density at radius 1 is 1.07 bits per heavy atom.